The van der Waals surface area contributed by atoms with Gasteiger partial charge < -0.3 is 9.88 Å². The number of imidazole rings is 1. The fourth-order valence-corrected chi connectivity index (χ4v) is 3.68. The standard InChI is InChI=1S/C18H25N3/c1-3-12-21-13-11-20-18(21)17(19-2)16-10-6-8-14-7-4-5-9-15(14)16/h4-5,7,9,11,13,16-17,19H,3,6,8,10,12H2,1-2H3. The van der Waals surface area contributed by atoms with E-state index in [1.165, 1.54) is 36.2 Å². The molecule has 1 aliphatic carbocycles. The molecule has 0 radical (unpaired) electrons. The second kappa shape index (κ2) is 6.44. The number of nitrogens with zero attached hydrogens (tertiary/aromatic N) is 2. The zero-order valence-electron chi connectivity index (χ0n) is 13.0. The van der Waals surface area contributed by atoms with Crippen LogP contribution in [0.2, 0.25) is 0 Å². The van der Waals surface area contributed by atoms with Gasteiger partial charge in [0.1, 0.15) is 5.82 Å². The molecule has 3 rings (SSSR count). The van der Waals surface area contributed by atoms with Crippen molar-refractivity contribution in [2.45, 2.75) is 51.1 Å². The van der Waals surface area contributed by atoms with Gasteiger partial charge in [0.2, 0.25) is 0 Å². The van der Waals surface area contributed by atoms with E-state index in [-0.39, 0.29) is 0 Å². The monoisotopic (exact) mass is 283 g/mol. The van der Waals surface area contributed by atoms with Crippen molar-refractivity contribution in [3.05, 3.63) is 53.6 Å². The quantitative estimate of drug-likeness (QED) is 0.907. The highest BCUT2D eigenvalue weighted by atomic mass is 15.1. The summed E-state index contributed by atoms with van der Waals surface area (Å²) in [4.78, 5) is 4.65. The predicted molar refractivity (Wildman–Crippen MR) is 86.4 cm³/mol. The van der Waals surface area contributed by atoms with Gasteiger partial charge in [-0.2, -0.15) is 0 Å². The second-order valence-electron chi connectivity index (χ2n) is 5.94. The lowest BCUT2D eigenvalue weighted by Crippen LogP contribution is -2.29. The Morgan fingerprint density at radius 3 is 3.05 bits per heavy atom. The SMILES string of the molecule is CCCn1ccnc1C(NC)C1CCCc2ccccc21. The third kappa shape index (κ3) is 2.75. The summed E-state index contributed by atoms with van der Waals surface area (Å²) in [6.45, 7) is 3.26. The predicted octanol–water partition coefficient (Wildman–Crippen LogP) is 3.67. The van der Waals surface area contributed by atoms with Gasteiger partial charge in [-0.1, -0.05) is 31.2 Å². The fraction of sp³-hybridized carbons (Fsp3) is 0.500. The summed E-state index contributed by atoms with van der Waals surface area (Å²) in [5, 5.41) is 3.53. The van der Waals surface area contributed by atoms with E-state index in [1.54, 1.807) is 0 Å². The highest BCUT2D eigenvalue weighted by Crippen LogP contribution is 2.39. The first kappa shape index (κ1) is 14.3. The van der Waals surface area contributed by atoms with E-state index in [4.69, 9.17) is 0 Å². The Kier molecular flexibility index (Phi) is 4.39. The number of hydrogen-bond acceptors (Lipinski definition) is 2. The Morgan fingerprint density at radius 1 is 1.38 bits per heavy atom. The van der Waals surface area contributed by atoms with E-state index in [1.807, 2.05) is 6.20 Å². The van der Waals surface area contributed by atoms with Crippen LogP contribution in [0, 0.1) is 0 Å². The van der Waals surface area contributed by atoms with Crippen molar-refractivity contribution >= 4 is 0 Å². The van der Waals surface area contributed by atoms with Crippen LogP contribution in [0.15, 0.2) is 36.7 Å². The fourth-order valence-electron chi connectivity index (χ4n) is 3.68. The molecule has 0 aliphatic heterocycles. The van der Waals surface area contributed by atoms with Crippen LogP contribution in [0.5, 0.6) is 0 Å². The van der Waals surface area contributed by atoms with Crippen molar-refractivity contribution in [1.29, 1.82) is 0 Å². The lowest BCUT2D eigenvalue weighted by atomic mass is 9.78. The number of nitrogens with one attached hydrogen (secondary N) is 1. The van der Waals surface area contributed by atoms with Gasteiger partial charge >= 0.3 is 0 Å². The molecule has 1 aromatic heterocycles. The maximum absolute atomic E-state index is 4.65. The third-order valence-corrected chi connectivity index (χ3v) is 4.62. The van der Waals surface area contributed by atoms with Crippen LogP contribution in [0.4, 0.5) is 0 Å². The van der Waals surface area contributed by atoms with Crippen molar-refractivity contribution in [2.24, 2.45) is 0 Å². The second-order valence-corrected chi connectivity index (χ2v) is 5.94. The largest absolute Gasteiger partial charge is 0.334 e. The molecule has 0 fully saturated rings. The molecule has 0 saturated carbocycles. The van der Waals surface area contributed by atoms with Crippen LogP contribution >= 0.6 is 0 Å². The first-order valence-corrected chi connectivity index (χ1v) is 8.11. The summed E-state index contributed by atoms with van der Waals surface area (Å²) < 4.78 is 2.30. The minimum atomic E-state index is 0.299. The Hall–Kier alpha value is -1.61. The van der Waals surface area contributed by atoms with Gasteiger partial charge in [-0.05, 0) is 43.9 Å². The van der Waals surface area contributed by atoms with Crippen molar-refractivity contribution in [2.75, 3.05) is 7.05 Å². The van der Waals surface area contributed by atoms with E-state index < -0.39 is 0 Å². The van der Waals surface area contributed by atoms with Crippen molar-refractivity contribution in [1.82, 2.24) is 14.9 Å². The van der Waals surface area contributed by atoms with Crippen LogP contribution in [-0.2, 0) is 13.0 Å². The molecule has 0 amide bonds. The number of rotatable bonds is 5. The Bertz CT molecular complexity index is 588. The molecule has 0 spiro atoms. The highest BCUT2D eigenvalue weighted by molar-refractivity contribution is 5.34. The molecule has 0 bridgehead atoms. The smallest absolute Gasteiger partial charge is 0.126 e. The molecule has 2 aromatic rings. The van der Waals surface area contributed by atoms with Gasteiger partial charge in [0.25, 0.3) is 0 Å². The summed E-state index contributed by atoms with van der Waals surface area (Å²) in [6.07, 6.45) is 8.91. The van der Waals surface area contributed by atoms with E-state index in [0.717, 1.165) is 13.0 Å². The Balaban J connectivity index is 1.96. The molecular weight excluding hydrogens is 258 g/mol. The third-order valence-electron chi connectivity index (χ3n) is 4.62. The number of hydrogen-bond donors (Lipinski definition) is 1. The zero-order chi connectivity index (χ0) is 14.7. The molecule has 112 valence electrons. The molecule has 1 heterocycles. The molecule has 0 saturated heterocycles. The Labute approximate surface area is 127 Å². The summed E-state index contributed by atoms with van der Waals surface area (Å²) >= 11 is 0. The van der Waals surface area contributed by atoms with Crippen LogP contribution in [0.25, 0.3) is 0 Å². The van der Waals surface area contributed by atoms with Crippen molar-refractivity contribution < 1.29 is 0 Å². The average Bonchev–Trinajstić information content (AvgIpc) is 2.97. The molecular formula is C18H25N3. The summed E-state index contributed by atoms with van der Waals surface area (Å²) in [5.74, 6) is 1.71. The van der Waals surface area contributed by atoms with E-state index in [9.17, 15) is 0 Å². The van der Waals surface area contributed by atoms with Gasteiger partial charge in [0.05, 0.1) is 6.04 Å². The van der Waals surface area contributed by atoms with E-state index in [2.05, 4.69) is 59.3 Å². The molecule has 1 N–H and O–H groups in total. The van der Waals surface area contributed by atoms with Gasteiger partial charge in [0.15, 0.2) is 0 Å². The minimum Gasteiger partial charge on any atom is -0.334 e. The lowest BCUT2D eigenvalue weighted by Gasteiger charge is -2.32. The van der Waals surface area contributed by atoms with E-state index >= 15 is 0 Å². The number of likely N-dealkylation sites (N-methyl/N-ethyl adjacent to an activating group) is 1. The topological polar surface area (TPSA) is 29.9 Å². The van der Waals surface area contributed by atoms with Gasteiger partial charge in [0, 0.05) is 24.9 Å². The van der Waals surface area contributed by atoms with E-state index in [0.29, 0.717) is 12.0 Å². The normalized spacial score (nSPS) is 19.2. The lowest BCUT2D eigenvalue weighted by molar-refractivity contribution is 0.395. The Morgan fingerprint density at radius 2 is 2.24 bits per heavy atom. The first-order valence-electron chi connectivity index (χ1n) is 8.11. The number of aromatic nitrogens is 2. The minimum absolute atomic E-state index is 0.299. The van der Waals surface area contributed by atoms with Gasteiger partial charge in [-0.25, -0.2) is 4.98 Å². The zero-order valence-corrected chi connectivity index (χ0v) is 13.0. The highest BCUT2D eigenvalue weighted by Gasteiger charge is 2.30. The summed E-state index contributed by atoms with van der Waals surface area (Å²) in [7, 11) is 2.06. The average molecular weight is 283 g/mol. The number of aryl methyl sites for hydroxylation is 2. The molecule has 3 heteroatoms. The molecule has 21 heavy (non-hydrogen) atoms. The number of benzene rings is 1. The van der Waals surface area contributed by atoms with Crippen LogP contribution in [0.3, 0.4) is 0 Å². The molecule has 2 atom stereocenters. The maximum Gasteiger partial charge on any atom is 0.126 e. The van der Waals surface area contributed by atoms with Crippen LogP contribution < -0.4 is 5.32 Å². The maximum atomic E-state index is 4.65. The summed E-state index contributed by atoms with van der Waals surface area (Å²) in [6, 6.07) is 9.22. The summed E-state index contributed by atoms with van der Waals surface area (Å²) in [5.41, 5.74) is 3.02. The van der Waals surface area contributed by atoms with Gasteiger partial charge in [-0.15, -0.1) is 0 Å². The number of fused-ring (bicyclic) bond motifs is 1. The molecule has 2 unspecified atom stereocenters. The van der Waals surface area contributed by atoms with Crippen molar-refractivity contribution in [3.63, 3.8) is 0 Å². The molecule has 1 aliphatic rings. The molecule has 1 aromatic carbocycles. The first-order chi connectivity index (χ1) is 10.3. The van der Waals surface area contributed by atoms with Gasteiger partial charge in [-0.3, -0.25) is 0 Å². The van der Waals surface area contributed by atoms with Crippen LogP contribution in [0.1, 0.15) is 55.1 Å². The molecule has 3 nitrogen and oxygen atoms in total. The van der Waals surface area contributed by atoms with Crippen molar-refractivity contribution in [3.8, 4) is 0 Å². The van der Waals surface area contributed by atoms with Crippen LogP contribution in [-0.4, -0.2) is 16.6 Å².